The quantitative estimate of drug-likeness (QED) is 0.458. The SMILES string of the molecule is COc1cccc(Oc2ccc(CNC(=O)c3nn(-c4ccccc4)c4c3CCC4)cn2)c1. The predicted molar refractivity (Wildman–Crippen MR) is 124 cm³/mol. The van der Waals surface area contributed by atoms with Gasteiger partial charge in [0.1, 0.15) is 11.5 Å². The Morgan fingerprint density at radius 2 is 1.88 bits per heavy atom. The van der Waals surface area contributed by atoms with E-state index in [2.05, 4.69) is 15.4 Å². The summed E-state index contributed by atoms with van der Waals surface area (Å²) in [6, 6.07) is 21.0. The number of nitrogens with zero attached hydrogens (tertiary/aromatic N) is 3. The minimum Gasteiger partial charge on any atom is -0.497 e. The summed E-state index contributed by atoms with van der Waals surface area (Å²) >= 11 is 0. The third kappa shape index (κ3) is 4.43. The molecule has 4 aromatic rings. The first-order valence-electron chi connectivity index (χ1n) is 10.9. The standard InChI is InChI=1S/C26H24N4O3/c1-32-20-9-5-10-21(15-20)33-24-14-13-18(16-27-24)17-28-26(31)25-22-11-6-12-23(22)30(29-25)19-7-3-2-4-8-19/h2-5,7-10,13-16H,6,11-12,17H2,1H3,(H,28,31). The number of pyridine rings is 1. The third-order valence-corrected chi connectivity index (χ3v) is 5.66. The zero-order valence-corrected chi connectivity index (χ0v) is 18.3. The zero-order chi connectivity index (χ0) is 22.6. The van der Waals surface area contributed by atoms with Crippen molar-refractivity contribution in [2.45, 2.75) is 25.8 Å². The molecule has 0 unspecified atom stereocenters. The Bertz CT molecular complexity index is 1270. The fourth-order valence-electron chi connectivity index (χ4n) is 4.03. The number of fused-ring (bicyclic) bond motifs is 1. The van der Waals surface area contributed by atoms with E-state index in [1.54, 1.807) is 25.4 Å². The monoisotopic (exact) mass is 440 g/mol. The molecule has 5 rings (SSSR count). The zero-order valence-electron chi connectivity index (χ0n) is 18.3. The highest BCUT2D eigenvalue weighted by Crippen LogP contribution is 2.28. The van der Waals surface area contributed by atoms with Gasteiger partial charge in [0.2, 0.25) is 5.88 Å². The lowest BCUT2D eigenvalue weighted by Gasteiger charge is -2.08. The number of methoxy groups -OCH3 is 1. The van der Waals surface area contributed by atoms with Crippen molar-refractivity contribution in [2.75, 3.05) is 7.11 Å². The Morgan fingerprint density at radius 1 is 1.03 bits per heavy atom. The van der Waals surface area contributed by atoms with Crippen LogP contribution in [0.2, 0.25) is 0 Å². The second-order valence-electron chi connectivity index (χ2n) is 7.84. The van der Waals surface area contributed by atoms with E-state index in [1.165, 1.54) is 0 Å². The molecule has 1 amide bonds. The maximum Gasteiger partial charge on any atom is 0.272 e. The van der Waals surface area contributed by atoms with Crippen LogP contribution in [0.25, 0.3) is 5.69 Å². The van der Waals surface area contributed by atoms with Crippen LogP contribution in [-0.4, -0.2) is 27.8 Å². The minimum absolute atomic E-state index is 0.167. The van der Waals surface area contributed by atoms with E-state index in [-0.39, 0.29) is 5.91 Å². The number of hydrogen-bond acceptors (Lipinski definition) is 5. The first-order valence-corrected chi connectivity index (χ1v) is 10.9. The topological polar surface area (TPSA) is 78.3 Å². The van der Waals surface area contributed by atoms with Crippen molar-refractivity contribution in [3.8, 4) is 23.1 Å². The molecular formula is C26H24N4O3. The largest absolute Gasteiger partial charge is 0.497 e. The van der Waals surface area contributed by atoms with Crippen LogP contribution in [0.5, 0.6) is 17.4 Å². The maximum atomic E-state index is 12.9. The van der Waals surface area contributed by atoms with Gasteiger partial charge in [-0.3, -0.25) is 4.79 Å². The summed E-state index contributed by atoms with van der Waals surface area (Å²) < 4.78 is 12.9. The second kappa shape index (κ2) is 9.16. The van der Waals surface area contributed by atoms with Crippen LogP contribution >= 0.6 is 0 Å². The van der Waals surface area contributed by atoms with E-state index >= 15 is 0 Å². The molecule has 0 bridgehead atoms. The predicted octanol–water partition coefficient (Wildman–Crippen LogP) is 4.49. The number of hydrogen-bond donors (Lipinski definition) is 1. The molecule has 0 saturated carbocycles. The second-order valence-corrected chi connectivity index (χ2v) is 7.84. The molecule has 7 nitrogen and oxygen atoms in total. The van der Waals surface area contributed by atoms with Crippen LogP contribution in [-0.2, 0) is 19.4 Å². The Balaban J connectivity index is 1.25. The van der Waals surface area contributed by atoms with Gasteiger partial charge in [0, 0.05) is 36.1 Å². The molecule has 0 atom stereocenters. The van der Waals surface area contributed by atoms with Crippen molar-refractivity contribution in [3.63, 3.8) is 0 Å². The molecule has 33 heavy (non-hydrogen) atoms. The number of ether oxygens (including phenoxy) is 2. The first kappa shape index (κ1) is 20.8. The molecule has 2 heterocycles. The third-order valence-electron chi connectivity index (χ3n) is 5.66. The van der Waals surface area contributed by atoms with Gasteiger partial charge in [-0.05, 0) is 49.1 Å². The molecule has 0 aliphatic heterocycles. The Morgan fingerprint density at radius 3 is 2.67 bits per heavy atom. The van der Waals surface area contributed by atoms with Gasteiger partial charge in [-0.2, -0.15) is 5.10 Å². The summed E-state index contributed by atoms with van der Waals surface area (Å²) in [5, 5.41) is 7.63. The van der Waals surface area contributed by atoms with Gasteiger partial charge in [0.25, 0.3) is 5.91 Å². The van der Waals surface area contributed by atoms with Crippen molar-refractivity contribution in [2.24, 2.45) is 0 Å². The molecule has 1 aliphatic rings. The fourth-order valence-corrected chi connectivity index (χ4v) is 4.03. The van der Waals surface area contributed by atoms with E-state index in [0.717, 1.165) is 41.8 Å². The summed E-state index contributed by atoms with van der Waals surface area (Å²) in [7, 11) is 1.61. The Kier molecular flexibility index (Phi) is 5.76. The molecule has 7 heteroatoms. The van der Waals surface area contributed by atoms with Gasteiger partial charge in [0.05, 0.1) is 12.8 Å². The lowest BCUT2D eigenvalue weighted by atomic mass is 10.2. The van der Waals surface area contributed by atoms with E-state index in [9.17, 15) is 4.79 Å². The molecule has 2 aromatic carbocycles. The molecule has 2 aromatic heterocycles. The number of carbonyl (C=O) groups is 1. The van der Waals surface area contributed by atoms with Crippen LogP contribution in [0, 0.1) is 0 Å². The number of carbonyl (C=O) groups excluding carboxylic acids is 1. The highest BCUT2D eigenvalue weighted by Gasteiger charge is 2.26. The number of nitrogens with one attached hydrogen (secondary N) is 1. The van der Waals surface area contributed by atoms with Crippen molar-refractivity contribution in [3.05, 3.63) is 95.4 Å². The average molecular weight is 441 g/mol. The molecule has 166 valence electrons. The smallest absolute Gasteiger partial charge is 0.272 e. The number of amides is 1. The van der Waals surface area contributed by atoms with Gasteiger partial charge in [-0.15, -0.1) is 0 Å². The van der Waals surface area contributed by atoms with E-state index < -0.39 is 0 Å². The molecule has 1 aliphatic carbocycles. The average Bonchev–Trinajstić information content (AvgIpc) is 3.47. The summed E-state index contributed by atoms with van der Waals surface area (Å²) in [6.07, 6.45) is 4.55. The molecule has 1 N–H and O–H groups in total. The lowest BCUT2D eigenvalue weighted by Crippen LogP contribution is -2.24. The highest BCUT2D eigenvalue weighted by molar-refractivity contribution is 5.94. The maximum absolute atomic E-state index is 12.9. The summed E-state index contributed by atoms with van der Waals surface area (Å²) in [4.78, 5) is 17.3. The summed E-state index contributed by atoms with van der Waals surface area (Å²) in [5.41, 5.74) is 4.55. The van der Waals surface area contributed by atoms with Crippen LogP contribution in [0.15, 0.2) is 72.9 Å². The van der Waals surface area contributed by atoms with Crippen LogP contribution < -0.4 is 14.8 Å². The van der Waals surface area contributed by atoms with Gasteiger partial charge >= 0.3 is 0 Å². The van der Waals surface area contributed by atoms with E-state index in [4.69, 9.17) is 9.47 Å². The van der Waals surface area contributed by atoms with E-state index in [0.29, 0.717) is 29.6 Å². The first-order chi connectivity index (χ1) is 16.2. The van der Waals surface area contributed by atoms with Crippen LogP contribution in [0.1, 0.15) is 33.7 Å². The number of aromatic nitrogens is 3. The fraction of sp³-hybridized carbons (Fsp3) is 0.192. The van der Waals surface area contributed by atoms with Crippen LogP contribution in [0.3, 0.4) is 0 Å². The van der Waals surface area contributed by atoms with Gasteiger partial charge < -0.3 is 14.8 Å². The van der Waals surface area contributed by atoms with Crippen LogP contribution in [0.4, 0.5) is 0 Å². The molecule has 0 fully saturated rings. The normalized spacial score (nSPS) is 12.3. The molecule has 0 spiro atoms. The molecule has 0 saturated heterocycles. The Labute approximate surface area is 192 Å². The molecular weight excluding hydrogens is 416 g/mol. The molecule has 0 radical (unpaired) electrons. The van der Waals surface area contributed by atoms with Crippen molar-refractivity contribution in [1.29, 1.82) is 0 Å². The summed E-state index contributed by atoms with van der Waals surface area (Å²) in [6.45, 7) is 0.359. The minimum atomic E-state index is -0.167. The van der Waals surface area contributed by atoms with Gasteiger partial charge in [-0.25, -0.2) is 9.67 Å². The number of benzene rings is 2. The number of rotatable bonds is 7. The van der Waals surface area contributed by atoms with Gasteiger partial charge in [0.15, 0.2) is 5.69 Å². The highest BCUT2D eigenvalue weighted by atomic mass is 16.5. The summed E-state index contributed by atoms with van der Waals surface area (Å²) in [5.74, 6) is 1.66. The Hall–Kier alpha value is -4.13. The van der Waals surface area contributed by atoms with Crippen molar-refractivity contribution in [1.82, 2.24) is 20.1 Å². The van der Waals surface area contributed by atoms with E-state index in [1.807, 2.05) is 59.3 Å². The number of para-hydroxylation sites is 1. The lowest BCUT2D eigenvalue weighted by molar-refractivity contribution is 0.0944. The van der Waals surface area contributed by atoms with Crippen molar-refractivity contribution < 1.29 is 14.3 Å². The van der Waals surface area contributed by atoms with Crippen molar-refractivity contribution >= 4 is 5.91 Å². The van der Waals surface area contributed by atoms with Gasteiger partial charge in [-0.1, -0.05) is 30.3 Å².